The number of carbonyl (C=O) groups excluding carboxylic acids is 1. The SMILES string of the molecule is NS(=O)(=O)c1ccc(CNC(=O)C2CCN(S(=O)(=O)c3ccc4ccccc4c3)CC2)cc1. The number of nitrogens with two attached hydrogens (primary N) is 1. The van der Waals surface area contributed by atoms with Gasteiger partial charge in [-0.1, -0.05) is 42.5 Å². The summed E-state index contributed by atoms with van der Waals surface area (Å²) in [6, 6.07) is 18.7. The van der Waals surface area contributed by atoms with Crippen LogP contribution in [-0.4, -0.2) is 40.1 Å². The third-order valence-corrected chi connectivity index (χ3v) is 8.73. The van der Waals surface area contributed by atoms with E-state index in [0.717, 1.165) is 16.3 Å². The molecule has 4 rings (SSSR count). The molecule has 174 valence electrons. The van der Waals surface area contributed by atoms with Gasteiger partial charge in [0.1, 0.15) is 0 Å². The largest absolute Gasteiger partial charge is 0.352 e. The van der Waals surface area contributed by atoms with Crippen molar-refractivity contribution >= 4 is 36.7 Å². The zero-order valence-electron chi connectivity index (χ0n) is 17.8. The standard InChI is InChI=1S/C23H25N3O5S2/c24-32(28,29)21-8-5-17(6-9-21)16-25-23(27)19-11-13-26(14-12-19)33(30,31)22-10-7-18-3-1-2-4-20(18)15-22/h1-10,15,19H,11-14,16H2,(H,25,27)(H2,24,28,29). The second kappa shape index (κ2) is 9.22. The Morgan fingerprint density at radius 1 is 0.879 bits per heavy atom. The van der Waals surface area contributed by atoms with Crippen LogP contribution in [0.2, 0.25) is 0 Å². The van der Waals surface area contributed by atoms with Gasteiger partial charge in [0.25, 0.3) is 0 Å². The summed E-state index contributed by atoms with van der Waals surface area (Å²) in [7, 11) is -7.39. The normalized spacial score (nSPS) is 16.0. The molecule has 0 radical (unpaired) electrons. The summed E-state index contributed by atoms with van der Waals surface area (Å²) in [4.78, 5) is 12.8. The molecule has 3 aromatic rings. The fourth-order valence-corrected chi connectivity index (χ4v) is 5.99. The number of carbonyl (C=O) groups is 1. The van der Waals surface area contributed by atoms with Crippen molar-refractivity contribution in [3.63, 3.8) is 0 Å². The van der Waals surface area contributed by atoms with E-state index in [2.05, 4.69) is 5.32 Å². The zero-order chi connectivity index (χ0) is 23.6. The van der Waals surface area contributed by atoms with E-state index >= 15 is 0 Å². The van der Waals surface area contributed by atoms with Crippen LogP contribution in [0.4, 0.5) is 0 Å². The molecule has 0 saturated carbocycles. The van der Waals surface area contributed by atoms with Crippen molar-refractivity contribution in [3.8, 4) is 0 Å². The van der Waals surface area contributed by atoms with Crippen LogP contribution >= 0.6 is 0 Å². The van der Waals surface area contributed by atoms with Gasteiger partial charge in [-0.15, -0.1) is 0 Å². The Morgan fingerprint density at radius 2 is 1.48 bits per heavy atom. The summed E-state index contributed by atoms with van der Waals surface area (Å²) in [5, 5.41) is 9.77. The summed E-state index contributed by atoms with van der Waals surface area (Å²) in [6.45, 7) is 0.798. The van der Waals surface area contributed by atoms with Gasteiger partial charge in [0, 0.05) is 25.6 Å². The van der Waals surface area contributed by atoms with Crippen molar-refractivity contribution in [1.29, 1.82) is 0 Å². The molecular formula is C23H25N3O5S2. The fourth-order valence-electron chi connectivity index (χ4n) is 3.97. The fraction of sp³-hybridized carbons (Fsp3) is 0.261. The number of nitrogens with one attached hydrogen (secondary N) is 1. The first-order valence-electron chi connectivity index (χ1n) is 10.5. The third kappa shape index (κ3) is 5.25. The molecule has 0 spiro atoms. The first-order valence-corrected chi connectivity index (χ1v) is 13.5. The Morgan fingerprint density at radius 3 is 2.12 bits per heavy atom. The maximum atomic E-state index is 13.1. The van der Waals surface area contributed by atoms with E-state index in [9.17, 15) is 21.6 Å². The molecule has 0 atom stereocenters. The number of piperidine rings is 1. The van der Waals surface area contributed by atoms with Gasteiger partial charge in [-0.3, -0.25) is 4.79 Å². The second-order valence-electron chi connectivity index (χ2n) is 8.09. The van der Waals surface area contributed by atoms with Gasteiger partial charge in [0.2, 0.25) is 26.0 Å². The van der Waals surface area contributed by atoms with Gasteiger partial charge in [-0.2, -0.15) is 4.31 Å². The van der Waals surface area contributed by atoms with Crippen LogP contribution < -0.4 is 10.5 Å². The molecule has 0 aliphatic carbocycles. The lowest BCUT2D eigenvalue weighted by atomic mass is 9.97. The van der Waals surface area contributed by atoms with E-state index < -0.39 is 20.0 Å². The summed E-state index contributed by atoms with van der Waals surface area (Å²) >= 11 is 0. The summed E-state index contributed by atoms with van der Waals surface area (Å²) in [5.74, 6) is -0.426. The lowest BCUT2D eigenvalue weighted by Crippen LogP contribution is -2.42. The van der Waals surface area contributed by atoms with Crippen LogP contribution in [0, 0.1) is 5.92 Å². The number of primary sulfonamides is 1. The average Bonchev–Trinajstić information content (AvgIpc) is 2.82. The number of hydrogen-bond acceptors (Lipinski definition) is 5. The molecule has 10 heteroatoms. The van der Waals surface area contributed by atoms with Gasteiger partial charge in [0.15, 0.2) is 0 Å². The number of amides is 1. The highest BCUT2D eigenvalue weighted by Gasteiger charge is 2.32. The number of benzene rings is 3. The predicted octanol–water partition coefficient (Wildman–Crippen LogP) is 2.20. The number of nitrogens with zero attached hydrogens (tertiary/aromatic N) is 1. The zero-order valence-corrected chi connectivity index (χ0v) is 19.5. The Balaban J connectivity index is 1.34. The van der Waals surface area contributed by atoms with Crippen LogP contribution in [0.5, 0.6) is 0 Å². The van der Waals surface area contributed by atoms with Crippen LogP contribution in [0.15, 0.2) is 76.5 Å². The van der Waals surface area contributed by atoms with E-state index in [4.69, 9.17) is 5.14 Å². The van der Waals surface area contributed by atoms with Crippen molar-refractivity contribution in [3.05, 3.63) is 72.3 Å². The van der Waals surface area contributed by atoms with Crippen LogP contribution in [0.1, 0.15) is 18.4 Å². The molecule has 3 aromatic carbocycles. The molecule has 0 unspecified atom stereocenters. The summed E-state index contributed by atoms with van der Waals surface area (Å²) in [6.07, 6.45) is 0.867. The quantitative estimate of drug-likeness (QED) is 0.551. The van der Waals surface area contributed by atoms with Crippen molar-refractivity contribution < 1.29 is 21.6 Å². The smallest absolute Gasteiger partial charge is 0.243 e. The van der Waals surface area contributed by atoms with E-state index in [1.54, 1.807) is 30.3 Å². The molecule has 8 nitrogen and oxygen atoms in total. The minimum atomic E-state index is -3.76. The van der Waals surface area contributed by atoms with Gasteiger partial charge in [0.05, 0.1) is 9.79 Å². The average molecular weight is 488 g/mol. The number of hydrogen-bond donors (Lipinski definition) is 2. The molecule has 1 fully saturated rings. The Hall–Kier alpha value is -2.79. The van der Waals surface area contributed by atoms with E-state index in [0.29, 0.717) is 12.8 Å². The van der Waals surface area contributed by atoms with Gasteiger partial charge < -0.3 is 5.32 Å². The molecule has 33 heavy (non-hydrogen) atoms. The molecule has 1 saturated heterocycles. The topological polar surface area (TPSA) is 127 Å². The van der Waals surface area contributed by atoms with E-state index in [1.807, 2.05) is 24.3 Å². The molecule has 0 bridgehead atoms. The highest BCUT2D eigenvalue weighted by molar-refractivity contribution is 7.89. The Bertz CT molecular complexity index is 1380. The lowest BCUT2D eigenvalue weighted by molar-refractivity contribution is -0.126. The first-order chi connectivity index (χ1) is 15.6. The van der Waals surface area contributed by atoms with Crippen LogP contribution in [-0.2, 0) is 31.4 Å². The number of sulfonamides is 2. The van der Waals surface area contributed by atoms with Gasteiger partial charge in [-0.05, 0) is 53.4 Å². The molecular weight excluding hydrogens is 462 g/mol. The lowest BCUT2D eigenvalue weighted by Gasteiger charge is -2.30. The van der Waals surface area contributed by atoms with E-state index in [-0.39, 0.29) is 41.3 Å². The maximum absolute atomic E-state index is 13.1. The molecule has 0 aromatic heterocycles. The summed E-state index contributed by atoms with van der Waals surface area (Å²) < 4.78 is 50.3. The van der Waals surface area contributed by atoms with Gasteiger partial charge >= 0.3 is 0 Å². The molecule has 1 heterocycles. The molecule has 3 N–H and O–H groups in total. The van der Waals surface area contributed by atoms with Gasteiger partial charge in [-0.25, -0.2) is 22.0 Å². The van der Waals surface area contributed by atoms with Crippen LogP contribution in [0.25, 0.3) is 10.8 Å². The monoisotopic (exact) mass is 487 g/mol. The number of rotatable bonds is 6. The summed E-state index contributed by atoms with van der Waals surface area (Å²) in [5.41, 5.74) is 0.743. The molecule has 1 aliphatic heterocycles. The van der Waals surface area contributed by atoms with E-state index in [1.165, 1.54) is 16.4 Å². The van der Waals surface area contributed by atoms with Crippen molar-refractivity contribution in [2.45, 2.75) is 29.2 Å². The first kappa shape index (κ1) is 23.4. The predicted molar refractivity (Wildman–Crippen MR) is 125 cm³/mol. The second-order valence-corrected chi connectivity index (χ2v) is 11.6. The minimum absolute atomic E-state index is 0.0116. The molecule has 1 amide bonds. The molecule has 1 aliphatic rings. The van der Waals surface area contributed by atoms with Crippen molar-refractivity contribution in [2.24, 2.45) is 11.1 Å². The Labute approximate surface area is 193 Å². The maximum Gasteiger partial charge on any atom is 0.243 e. The highest BCUT2D eigenvalue weighted by Crippen LogP contribution is 2.26. The minimum Gasteiger partial charge on any atom is -0.352 e. The highest BCUT2D eigenvalue weighted by atomic mass is 32.2. The third-order valence-electron chi connectivity index (χ3n) is 5.90. The van der Waals surface area contributed by atoms with Crippen molar-refractivity contribution in [2.75, 3.05) is 13.1 Å². The van der Waals surface area contributed by atoms with Crippen LogP contribution in [0.3, 0.4) is 0 Å². The number of fused-ring (bicyclic) bond motifs is 1. The Kier molecular flexibility index (Phi) is 6.53. The van der Waals surface area contributed by atoms with Crippen molar-refractivity contribution in [1.82, 2.24) is 9.62 Å².